The van der Waals surface area contributed by atoms with Crippen molar-refractivity contribution in [2.75, 3.05) is 13.8 Å². The predicted octanol–water partition coefficient (Wildman–Crippen LogP) is 2.50. The van der Waals surface area contributed by atoms with E-state index in [0.29, 0.717) is 12.8 Å². The molecule has 0 bridgehead atoms. The van der Waals surface area contributed by atoms with Gasteiger partial charge in [0.25, 0.3) is 5.91 Å². The van der Waals surface area contributed by atoms with Crippen LogP contribution in [-0.2, 0) is 14.3 Å². The molecule has 2 heterocycles. The molecule has 2 aliphatic rings. The first kappa shape index (κ1) is 19.7. The van der Waals surface area contributed by atoms with Crippen molar-refractivity contribution in [3.63, 3.8) is 0 Å². The molecule has 1 spiro atoms. The zero-order valence-corrected chi connectivity index (χ0v) is 16.4. The molecule has 0 saturated carbocycles. The average Bonchev–Trinajstić information content (AvgIpc) is 2.64. The molecule has 8 heteroatoms. The van der Waals surface area contributed by atoms with Gasteiger partial charge in [-0.1, -0.05) is 6.58 Å². The SMILES string of the molecule is C=C(C)C(=O)OCN1C(=O)N(C)C2(CC(C)(C)N(Cl)C(C)(C)C2)C1=O. The van der Waals surface area contributed by atoms with Crippen LogP contribution < -0.4 is 0 Å². The molecule has 0 unspecified atom stereocenters. The number of nitrogens with zero attached hydrogens (tertiary/aromatic N) is 3. The maximum absolute atomic E-state index is 13.2. The van der Waals surface area contributed by atoms with Gasteiger partial charge in [0.1, 0.15) is 5.54 Å². The molecule has 0 radical (unpaired) electrons. The molecule has 0 aromatic rings. The monoisotopic (exact) mass is 371 g/mol. The Kier molecular flexibility index (Phi) is 4.72. The van der Waals surface area contributed by atoms with Crippen LogP contribution in [0.2, 0.25) is 0 Å². The van der Waals surface area contributed by atoms with Gasteiger partial charge in [-0.3, -0.25) is 4.79 Å². The van der Waals surface area contributed by atoms with E-state index in [1.165, 1.54) is 11.8 Å². The number of carbonyl (C=O) groups excluding carboxylic acids is 3. The summed E-state index contributed by atoms with van der Waals surface area (Å²) in [5, 5.41) is 0. The van der Waals surface area contributed by atoms with E-state index in [-0.39, 0.29) is 11.5 Å². The van der Waals surface area contributed by atoms with Crippen LogP contribution in [0.3, 0.4) is 0 Å². The highest BCUT2D eigenvalue weighted by atomic mass is 35.5. The average molecular weight is 372 g/mol. The fourth-order valence-corrected chi connectivity index (χ4v) is 4.17. The van der Waals surface area contributed by atoms with Crippen LogP contribution >= 0.6 is 11.8 Å². The minimum absolute atomic E-state index is 0.208. The van der Waals surface area contributed by atoms with Crippen LogP contribution in [0.5, 0.6) is 0 Å². The van der Waals surface area contributed by atoms with Gasteiger partial charge in [0.2, 0.25) is 0 Å². The normalized spacial score (nSPS) is 24.8. The second kappa shape index (κ2) is 5.99. The topological polar surface area (TPSA) is 70.2 Å². The van der Waals surface area contributed by atoms with Crippen molar-refractivity contribution in [1.29, 1.82) is 0 Å². The Morgan fingerprint density at radius 1 is 1.20 bits per heavy atom. The number of hydrogen-bond acceptors (Lipinski definition) is 5. The van der Waals surface area contributed by atoms with Gasteiger partial charge >= 0.3 is 12.0 Å². The number of ether oxygens (including phenoxy) is 1. The number of rotatable bonds is 3. The lowest BCUT2D eigenvalue weighted by atomic mass is 9.70. The van der Waals surface area contributed by atoms with Crippen LogP contribution in [0.15, 0.2) is 12.2 Å². The molecule has 0 aromatic carbocycles. The van der Waals surface area contributed by atoms with Crippen LogP contribution in [0.4, 0.5) is 4.79 Å². The van der Waals surface area contributed by atoms with Crippen molar-refractivity contribution in [2.24, 2.45) is 0 Å². The third-order valence-electron chi connectivity index (χ3n) is 4.99. The molecule has 140 valence electrons. The first-order valence-electron chi connectivity index (χ1n) is 8.15. The lowest BCUT2D eigenvalue weighted by Gasteiger charge is -2.55. The highest BCUT2D eigenvalue weighted by Gasteiger charge is 2.64. The van der Waals surface area contributed by atoms with Gasteiger partial charge in [-0.2, -0.15) is 0 Å². The van der Waals surface area contributed by atoms with E-state index < -0.39 is 35.3 Å². The molecule has 0 N–H and O–H groups in total. The first-order chi connectivity index (χ1) is 11.3. The minimum Gasteiger partial charge on any atom is -0.440 e. The Morgan fingerprint density at radius 3 is 2.12 bits per heavy atom. The summed E-state index contributed by atoms with van der Waals surface area (Å²) in [7, 11) is 1.61. The highest BCUT2D eigenvalue weighted by molar-refractivity contribution is 6.15. The van der Waals surface area contributed by atoms with E-state index in [1.807, 2.05) is 27.7 Å². The Balaban J connectivity index is 2.33. The molecule has 2 saturated heterocycles. The fourth-order valence-electron chi connectivity index (χ4n) is 4.05. The summed E-state index contributed by atoms with van der Waals surface area (Å²) < 4.78 is 6.74. The van der Waals surface area contributed by atoms with Crippen molar-refractivity contribution >= 4 is 29.7 Å². The van der Waals surface area contributed by atoms with E-state index >= 15 is 0 Å². The quantitative estimate of drug-likeness (QED) is 0.330. The summed E-state index contributed by atoms with van der Waals surface area (Å²) in [5.41, 5.74) is -1.80. The zero-order valence-electron chi connectivity index (χ0n) is 15.7. The molecule has 7 nitrogen and oxygen atoms in total. The number of likely N-dealkylation sites (N-methyl/N-ethyl adjacent to an activating group) is 1. The minimum atomic E-state index is -1.01. The molecule has 25 heavy (non-hydrogen) atoms. The third-order valence-corrected chi connectivity index (χ3v) is 5.90. The molecular formula is C17H26ClN3O4. The largest absolute Gasteiger partial charge is 0.440 e. The van der Waals surface area contributed by atoms with E-state index in [4.69, 9.17) is 16.5 Å². The van der Waals surface area contributed by atoms with Gasteiger partial charge in [-0.25, -0.2) is 18.9 Å². The number of halogens is 1. The Hall–Kier alpha value is -1.60. The van der Waals surface area contributed by atoms with Crippen molar-refractivity contribution in [3.8, 4) is 0 Å². The molecule has 0 atom stereocenters. The Labute approximate surface area is 153 Å². The van der Waals surface area contributed by atoms with Gasteiger partial charge < -0.3 is 9.64 Å². The summed E-state index contributed by atoms with van der Waals surface area (Å²) in [4.78, 5) is 39.8. The number of esters is 1. The summed E-state index contributed by atoms with van der Waals surface area (Å²) in [6.07, 6.45) is 0.776. The van der Waals surface area contributed by atoms with Gasteiger partial charge in [0, 0.05) is 23.7 Å². The van der Waals surface area contributed by atoms with E-state index in [1.54, 1.807) is 11.5 Å². The molecule has 2 aliphatic heterocycles. The first-order valence-corrected chi connectivity index (χ1v) is 8.49. The maximum Gasteiger partial charge on any atom is 0.334 e. The summed E-state index contributed by atoms with van der Waals surface area (Å²) in [6.45, 7) is 12.3. The molecular weight excluding hydrogens is 346 g/mol. The van der Waals surface area contributed by atoms with Crippen LogP contribution in [0, 0.1) is 0 Å². The maximum atomic E-state index is 13.2. The van der Waals surface area contributed by atoms with Crippen molar-refractivity contribution < 1.29 is 19.1 Å². The van der Waals surface area contributed by atoms with Crippen molar-refractivity contribution in [1.82, 2.24) is 14.2 Å². The van der Waals surface area contributed by atoms with Crippen molar-refractivity contribution in [2.45, 2.75) is 64.1 Å². The molecule has 3 amide bonds. The number of piperidine rings is 1. The molecule has 0 aromatic heterocycles. The zero-order chi connectivity index (χ0) is 19.4. The van der Waals surface area contributed by atoms with E-state index in [0.717, 1.165) is 4.90 Å². The summed E-state index contributed by atoms with van der Waals surface area (Å²) in [5.74, 6) is -0.999. The number of amides is 3. The van der Waals surface area contributed by atoms with Gasteiger partial charge in [0.05, 0.1) is 0 Å². The smallest absolute Gasteiger partial charge is 0.334 e. The number of hydrogen-bond donors (Lipinski definition) is 0. The van der Waals surface area contributed by atoms with E-state index in [2.05, 4.69) is 6.58 Å². The predicted molar refractivity (Wildman–Crippen MR) is 93.6 cm³/mol. The fraction of sp³-hybridized carbons (Fsp3) is 0.706. The molecule has 0 aliphatic carbocycles. The Morgan fingerprint density at radius 2 is 1.68 bits per heavy atom. The van der Waals surface area contributed by atoms with Crippen LogP contribution in [0.25, 0.3) is 0 Å². The van der Waals surface area contributed by atoms with Gasteiger partial charge in [-0.15, -0.1) is 0 Å². The molecule has 2 rings (SSSR count). The number of carbonyl (C=O) groups is 3. The summed E-state index contributed by atoms with van der Waals surface area (Å²) in [6, 6.07) is -0.478. The standard InChI is InChI=1S/C17H26ClN3O4/c1-11(2)12(22)25-10-20-13(23)17(19(7)14(20)24)8-15(3,4)21(18)16(5,6)9-17/h1,8-10H2,2-7H3. The Bertz CT molecular complexity index is 626. The second-order valence-electron chi connectivity index (χ2n) is 8.21. The van der Waals surface area contributed by atoms with Gasteiger partial charge in [-0.05, 0) is 59.2 Å². The number of imide groups is 1. The summed E-state index contributed by atoms with van der Waals surface area (Å²) >= 11 is 6.49. The lowest BCUT2D eigenvalue weighted by Crippen LogP contribution is -2.67. The third kappa shape index (κ3) is 3.04. The van der Waals surface area contributed by atoms with Crippen LogP contribution in [-0.4, -0.2) is 62.5 Å². The highest BCUT2D eigenvalue weighted by Crippen LogP contribution is 2.49. The lowest BCUT2D eigenvalue weighted by molar-refractivity contribution is -0.150. The van der Waals surface area contributed by atoms with Crippen LogP contribution in [0.1, 0.15) is 47.5 Å². The second-order valence-corrected chi connectivity index (χ2v) is 8.54. The van der Waals surface area contributed by atoms with Crippen molar-refractivity contribution in [3.05, 3.63) is 12.2 Å². The number of urea groups is 1. The molecule has 2 fully saturated rings. The van der Waals surface area contributed by atoms with E-state index in [9.17, 15) is 14.4 Å². The van der Waals surface area contributed by atoms with Gasteiger partial charge in [0.15, 0.2) is 6.73 Å².